The molecule has 2 aliphatic rings. The van der Waals surface area contributed by atoms with E-state index in [2.05, 4.69) is 9.47 Å². The van der Waals surface area contributed by atoms with Crippen molar-refractivity contribution >= 4 is 0 Å². The maximum Gasteiger partial charge on any atom is 0.527 e. The normalized spacial score (nSPS) is 21.9. The number of halogens is 12. The number of hydrogen-bond acceptors (Lipinski definition) is 5. The summed E-state index contributed by atoms with van der Waals surface area (Å²) in [7, 11) is 0. The summed E-state index contributed by atoms with van der Waals surface area (Å²) < 4.78 is 191. The molecule has 0 N–H and O–H groups in total. The first-order chi connectivity index (χ1) is 20.8. The molecular formula is C28H18F12O5. The molecule has 45 heavy (non-hydrogen) atoms. The first-order valence-corrected chi connectivity index (χ1v) is 12.8. The quantitative estimate of drug-likeness (QED) is 0.215. The molecule has 0 spiro atoms. The Bertz CT molecular complexity index is 1570. The number of hydrogen-bond donors (Lipinski definition) is 0. The van der Waals surface area contributed by atoms with Crippen molar-refractivity contribution in [1.82, 2.24) is 0 Å². The van der Waals surface area contributed by atoms with Crippen LogP contribution in [-0.4, -0.2) is 25.2 Å². The van der Waals surface area contributed by atoms with E-state index in [1.54, 1.807) is 0 Å². The fraction of sp³-hybridized carbons (Fsp3) is 0.357. The van der Waals surface area contributed by atoms with Crippen molar-refractivity contribution in [2.24, 2.45) is 0 Å². The van der Waals surface area contributed by atoms with Gasteiger partial charge in [-0.25, -0.2) is 26.7 Å². The van der Waals surface area contributed by atoms with E-state index >= 15 is 0 Å². The Morgan fingerprint density at radius 3 is 1.82 bits per heavy atom. The molecule has 0 unspecified atom stereocenters. The van der Waals surface area contributed by atoms with E-state index in [9.17, 15) is 52.7 Å². The minimum Gasteiger partial charge on any atom is -0.429 e. The van der Waals surface area contributed by atoms with Crippen molar-refractivity contribution in [1.29, 1.82) is 0 Å². The molecule has 2 fully saturated rings. The van der Waals surface area contributed by atoms with Crippen LogP contribution in [0.4, 0.5) is 52.7 Å². The minimum atomic E-state index is -5.87. The summed E-state index contributed by atoms with van der Waals surface area (Å²) in [6, 6.07) is 1.65. The summed E-state index contributed by atoms with van der Waals surface area (Å²) in [5.74, 6) is -12.6. The van der Waals surface area contributed by atoms with E-state index in [0.29, 0.717) is 31.0 Å². The van der Waals surface area contributed by atoms with Crippen LogP contribution < -0.4 is 4.74 Å². The van der Waals surface area contributed by atoms with Crippen LogP contribution in [0.5, 0.6) is 5.75 Å². The van der Waals surface area contributed by atoms with E-state index in [4.69, 9.17) is 14.2 Å². The highest BCUT2D eigenvalue weighted by Crippen LogP contribution is 2.50. The second-order valence-corrected chi connectivity index (χ2v) is 10.1. The van der Waals surface area contributed by atoms with E-state index in [-0.39, 0.29) is 37.5 Å². The van der Waals surface area contributed by atoms with Gasteiger partial charge in [0.05, 0.1) is 24.3 Å². The Morgan fingerprint density at radius 2 is 1.31 bits per heavy atom. The summed E-state index contributed by atoms with van der Waals surface area (Å²) in [6.07, 6.45) is -14.8. The second-order valence-electron chi connectivity index (χ2n) is 10.1. The SMILES string of the molecule is CCCC12COC(c3cc(F)c(C(F)(F)Oc4cc(F)c(-c5ccc(C(F)(F)OC(F)(F)F)c(F)c5)c(F)c4)c(F)c3)(OC1)O2. The van der Waals surface area contributed by atoms with Crippen LogP contribution >= 0.6 is 0 Å². The largest absolute Gasteiger partial charge is 0.527 e. The van der Waals surface area contributed by atoms with E-state index in [1.165, 1.54) is 0 Å². The molecule has 0 saturated carbocycles. The molecule has 0 aromatic heterocycles. The van der Waals surface area contributed by atoms with Gasteiger partial charge in [0.1, 0.15) is 46.0 Å². The Labute approximate surface area is 245 Å². The third kappa shape index (κ3) is 6.17. The third-order valence-electron chi connectivity index (χ3n) is 6.87. The Morgan fingerprint density at radius 1 is 0.733 bits per heavy atom. The summed E-state index contributed by atoms with van der Waals surface area (Å²) >= 11 is 0. The smallest absolute Gasteiger partial charge is 0.429 e. The summed E-state index contributed by atoms with van der Waals surface area (Å²) in [4.78, 5) is 0. The van der Waals surface area contributed by atoms with Gasteiger partial charge in [-0.1, -0.05) is 19.4 Å². The minimum absolute atomic E-state index is 0.00790. The molecule has 2 aliphatic heterocycles. The van der Waals surface area contributed by atoms with Gasteiger partial charge < -0.3 is 18.9 Å². The van der Waals surface area contributed by atoms with Gasteiger partial charge in [0, 0.05) is 17.7 Å². The summed E-state index contributed by atoms with van der Waals surface area (Å²) in [6.45, 7) is 1.86. The van der Waals surface area contributed by atoms with Crippen molar-refractivity contribution in [3.05, 3.63) is 88.2 Å². The lowest BCUT2D eigenvalue weighted by molar-refractivity contribution is -0.432. The summed E-state index contributed by atoms with van der Waals surface area (Å²) in [5.41, 5.74) is -7.23. The molecule has 0 amide bonds. The van der Waals surface area contributed by atoms with E-state index in [1.807, 2.05) is 6.92 Å². The molecule has 2 heterocycles. The molecule has 2 saturated heterocycles. The number of alkyl halides is 7. The average Bonchev–Trinajstić information content (AvgIpc) is 3.43. The standard InChI is InChI=1S/C28H18F12O5/c1-2-5-24-11-41-27(44-24,42-12-24)14-7-20(32)23(21(33)8-14)26(36,37)43-15-9-18(30)22(19(31)10-15)13-3-4-16(17(29)6-13)25(34,35)45-28(38,39)40/h3-4,6-10H,2,5,11-12H2,1H3. The van der Waals surface area contributed by atoms with Gasteiger partial charge in [-0.3, -0.25) is 0 Å². The first-order valence-electron chi connectivity index (χ1n) is 12.8. The zero-order valence-electron chi connectivity index (χ0n) is 22.4. The Hall–Kier alpha value is -3.54. The fourth-order valence-electron chi connectivity index (χ4n) is 5.03. The van der Waals surface area contributed by atoms with Crippen molar-refractivity contribution in [3.8, 4) is 16.9 Å². The van der Waals surface area contributed by atoms with Gasteiger partial charge in [-0.05, 0) is 36.2 Å². The van der Waals surface area contributed by atoms with Gasteiger partial charge in [-0.2, -0.15) is 17.6 Å². The van der Waals surface area contributed by atoms with Crippen molar-refractivity contribution in [2.75, 3.05) is 13.2 Å². The van der Waals surface area contributed by atoms with Gasteiger partial charge in [0.2, 0.25) is 0 Å². The molecule has 244 valence electrons. The van der Waals surface area contributed by atoms with Crippen LogP contribution in [0, 0.1) is 29.1 Å². The van der Waals surface area contributed by atoms with Crippen LogP contribution in [0.3, 0.4) is 0 Å². The highest BCUT2D eigenvalue weighted by molar-refractivity contribution is 5.66. The molecule has 5 rings (SSSR count). The zero-order chi connectivity index (χ0) is 33.2. The lowest BCUT2D eigenvalue weighted by Gasteiger charge is -2.26. The summed E-state index contributed by atoms with van der Waals surface area (Å²) in [5, 5.41) is 0. The molecular weight excluding hydrogens is 644 g/mol. The molecule has 3 aromatic carbocycles. The number of fused-ring (bicyclic) bond motifs is 2. The molecule has 3 aromatic rings. The van der Waals surface area contributed by atoms with Crippen LogP contribution in [0.25, 0.3) is 11.1 Å². The topological polar surface area (TPSA) is 46.2 Å². The predicted octanol–water partition coefficient (Wildman–Crippen LogP) is 8.49. The first kappa shape index (κ1) is 32.8. The third-order valence-corrected chi connectivity index (χ3v) is 6.87. The van der Waals surface area contributed by atoms with Crippen molar-refractivity contribution in [2.45, 2.75) is 49.9 Å². The fourth-order valence-corrected chi connectivity index (χ4v) is 5.03. The van der Waals surface area contributed by atoms with Crippen LogP contribution in [-0.2, 0) is 37.1 Å². The van der Waals surface area contributed by atoms with Gasteiger partial charge >= 0.3 is 24.6 Å². The van der Waals surface area contributed by atoms with Crippen LogP contribution in [0.15, 0.2) is 42.5 Å². The number of ether oxygens (including phenoxy) is 5. The molecule has 2 bridgehead atoms. The highest BCUT2D eigenvalue weighted by Gasteiger charge is 2.60. The van der Waals surface area contributed by atoms with Crippen molar-refractivity contribution < 1.29 is 76.4 Å². The maximum absolute atomic E-state index is 15.0. The zero-order valence-corrected chi connectivity index (χ0v) is 22.4. The van der Waals surface area contributed by atoms with Gasteiger partial charge in [-0.15, -0.1) is 13.2 Å². The predicted molar refractivity (Wildman–Crippen MR) is 126 cm³/mol. The molecule has 0 radical (unpaired) electrons. The van der Waals surface area contributed by atoms with Crippen molar-refractivity contribution in [3.63, 3.8) is 0 Å². The average molecular weight is 662 g/mol. The lowest BCUT2D eigenvalue weighted by Crippen LogP contribution is -2.35. The molecule has 5 nitrogen and oxygen atoms in total. The van der Waals surface area contributed by atoms with Crippen LogP contribution in [0.1, 0.15) is 36.5 Å². The van der Waals surface area contributed by atoms with Gasteiger partial charge in [0.25, 0.3) is 0 Å². The molecule has 0 atom stereocenters. The molecule has 0 aliphatic carbocycles. The second kappa shape index (κ2) is 11.1. The van der Waals surface area contributed by atoms with E-state index < -0.39 is 92.8 Å². The molecule has 17 heteroatoms. The maximum atomic E-state index is 15.0. The monoisotopic (exact) mass is 662 g/mol. The number of benzene rings is 3. The van der Waals surface area contributed by atoms with Gasteiger partial charge in [0.15, 0.2) is 0 Å². The lowest BCUT2D eigenvalue weighted by atomic mass is 10.0. The Balaban J connectivity index is 1.40. The van der Waals surface area contributed by atoms with Crippen LogP contribution in [0.2, 0.25) is 0 Å². The number of rotatable bonds is 9. The highest BCUT2D eigenvalue weighted by atomic mass is 19.4. The van der Waals surface area contributed by atoms with E-state index in [0.717, 1.165) is 0 Å². The Kier molecular flexibility index (Phi) is 8.07.